The maximum Gasteiger partial charge on any atom is 0.0502 e. The second-order valence-corrected chi connectivity index (χ2v) is 7.78. The molecular formula is C26H22N2. The molecule has 1 aliphatic heterocycles. The molecule has 1 aliphatic rings. The van der Waals surface area contributed by atoms with Crippen LogP contribution in [0.25, 0.3) is 11.1 Å². The third-order valence-electron chi connectivity index (χ3n) is 5.76. The van der Waals surface area contributed by atoms with Gasteiger partial charge in [-0.3, -0.25) is 4.98 Å². The van der Waals surface area contributed by atoms with Gasteiger partial charge in [-0.25, -0.2) is 0 Å². The molecule has 3 aromatic carbocycles. The van der Waals surface area contributed by atoms with Crippen molar-refractivity contribution in [1.29, 1.82) is 0 Å². The fourth-order valence-electron chi connectivity index (χ4n) is 4.28. The molecule has 28 heavy (non-hydrogen) atoms. The summed E-state index contributed by atoms with van der Waals surface area (Å²) in [5.41, 5.74) is 8.66. The molecule has 0 unspecified atom stereocenters. The van der Waals surface area contributed by atoms with Gasteiger partial charge in [0, 0.05) is 23.5 Å². The Bertz CT molecular complexity index is 1080. The topological polar surface area (TPSA) is 16.1 Å². The Hall–Kier alpha value is -3.39. The number of rotatable bonds is 2. The zero-order chi connectivity index (χ0) is 19.1. The van der Waals surface area contributed by atoms with Gasteiger partial charge in [0.15, 0.2) is 0 Å². The van der Waals surface area contributed by atoms with Gasteiger partial charge in [-0.05, 0) is 52.6 Å². The molecule has 1 aromatic heterocycles. The van der Waals surface area contributed by atoms with Gasteiger partial charge >= 0.3 is 0 Å². The summed E-state index contributed by atoms with van der Waals surface area (Å²) in [6.07, 6.45) is 3.71. The molecule has 0 amide bonds. The van der Waals surface area contributed by atoms with Crippen LogP contribution in [-0.2, 0) is 5.41 Å². The van der Waals surface area contributed by atoms with Crippen LogP contribution in [0.2, 0.25) is 0 Å². The maximum atomic E-state index is 4.24. The van der Waals surface area contributed by atoms with E-state index in [4.69, 9.17) is 0 Å². The normalized spacial score (nSPS) is 14.3. The molecule has 0 radical (unpaired) electrons. The molecule has 136 valence electrons. The monoisotopic (exact) mass is 362 g/mol. The van der Waals surface area contributed by atoms with E-state index in [9.17, 15) is 0 Å². The van der Waals surface area contributed by atoms with Crippen molar-refractivity contribution in [2.24, 2.45) is 0 Å². The van der Waals surface area contributed by atoms with E-state index >= 15 is 0 Å². The van der Waals surface area contributed by atoms with Crippen LogP contribution in [0.3, 0.4) is 0 Å². The van der Waals surface area contributed by atoms with Gasteiger partial charge in [0.2, 0.25) is 0 Å². The molecule has 2 nitrogen and oxygen atoms in total. The number of fused-ring (bicyclic) bond motifs is 2. The number of nitrogens with zero attached hydrogens (tertiary/aromatic N) is 2. The molecule has 5 rings (SSSR count). The van der Waals surface area contributed by atoms with E-state index in [0.29, 0.717) is 0 Å². The zero-order valence-corrected chi connectivity index (χ0v) is 16.1. The molecule has 0 saturated heterocycles. The van der Waals surface area contributed by atoms with Crippen LogP contribution in [-0.4, -0.2) is 4.98 Å². The van der Waals surface area contributed by atoms with Crippen molar-refractivity contribution in [3.8, 4) is 11.1 Å². The lowest BCUT2D eigenvalue weighted by Crippen LogP contribution is -2.30. The highest BCUT2D eigenvalue weighted by molar-refractivity contribution is 5.86. The van der Waals surface area contributed by atoms with Crippen LogP contribution < -0.4 is 4.90 Å². The van der Waals surface area contributed by atoms with E-state index in [-0.39, 0.29) is 5.41 Å². The van der Waals surface area contributed by atoms with Crippen molar-refractivity contribution >= 4 is 17.1 Å². The summed E-state index contributed by atoms with van der Waals surface area (Å²) in [7, 11) is 0. The molecule has 2 heteroatoms. The van der Waals surface area contributed by atoms with Crippen LogP contribution in [0.4, 0.5) is 17.1 Å². The number of pyridine rings is 1. The molecule has 0 aliphatic carbocycles. The minimum absolute atomic E-state index is 0.0284. The Labute approximate surface area is 166 Å². The summed E-state index contributed by atoms with van der Waals surface area (Å²) in [4.78, 5) is 6.62. The van der Waals surface area contributed by atoms with Crippen LogP contribution >= 0.6 is 0 Å². The van der Waals surface area contributed by atoms with Crippen molar-refractivity contribution in [2.45, 2.75) is 19.3 Å². The smallest absolute Gasteiger partial charge is 0.0502 e. The molecule has 0 bridgehead atoms. The molecule has 0 N–H and O–H groups in total. The van der Waals surface area contributed by atoms with E-state index in [2.05, 4.69) is 103 Å². The number of hydrogen-bond donors (Lipinski definition) is 0. The van der Waals surface area contributed by atoms with Gasteiger partial charge in [0.1, 0.15) is 0 Å². The summed E-state index contributed by atoms with van der Waals surface area (Å²) >= 11 is 0. The fourth-order valence-corrected chi connectivity index (χ4v) is 4.28. The second-order valence-electron chi connectivity index (χ2n) is 7.78. The Morgan fingerprint density at radius 3 is 1.82 bits per heavy atom. The van der Waals surface area contributed by atoms with Gasteiger partial charge < -0.3 is 4.90 Å². The Balaban J connectivity index is 1.67. The van der Waals surface area contributed by atoms with Crippen LogP contribution in [0.1, 0.15) is 25.0 Å². The zero-order valence-electron chi connectivity index (χ0n) is 16.1. The van der Waals surface area contributed by atoms with Crippen molar-refractivity contribution in [3.63, 3.8) is 0 Å². The molecular weight excluding hydrogens is 340 g/mol. The van der Waals surface area contributed by atoms with Crippen LogP contribution in [0.15, 0.2) is 97.3 Å². The minimum atomic E-state index is -0.0284. The van der Waals surface area contributed by atoms with Gasteiger partial charge in [-0.15, -0.1) is 0 Å². The first-order valence-electron chi connectivity index (χ1n) is 9.66. The Morgan fingerprint density at radius 1 is 0.643 bits per heavy atom. The molecule has 0 saturated carbocycles. The number of benzene rings is 3. The van der Waals surface area contributed by atoms with Crippen molar-refractivity contribution in [1.82, 2.24) is 4.98 Å². The van der Waals surface area contributed by atoms with Gasteiger partial charge in [0.25, 0.3) is 0 Å². The number of aromatic nitrogens is 1. The van der Waals surface area contributed by atoms with Crippen molar-refractivity contribution in [3.05, 3.63) is 108 Å². The second kappa shape index (κ2) is 6.35. The molecule has 0 spiro atoms. The summed E-state index contributed by atoms with van der Waals surface area (Å²) in [6.45, 7) is 4.63. The minimum Gasteiger partial charge on any atom is -0.310 e. The lowest BCUT2D eigenvalue weighted by atomic mass is 9.73. The number of para-hydroxylation sites is 2. The standard InChI is InChI=1S/C26H22N2/c1-26(2)22-9-3-5-11-24(22)28(25-12-6-4-10-23(25)26)21-15-13-19(14-16-21)20-8-7-17-27-18-20/h3-18H,1-2H3. The molecule has 0 fully saturated rings. The third-order valence-corrected chi connectivity index (χ3v) is 5.76. The highest BCUT2D eigenvalue weighted by Crippen LogP contribution is 2.51. The van der Waals surface area contributed by atoms with E-state index in [0.717, 1.165) is 5.56 Å². The lowest BCUT2D eigenvalue weighted by molar-refractivity contribution is 0.632. The first-order chi connectivity index (χ1) is 13.7. The number of hydrogen-bond acceptors (Lipinski definition) is 2. The van der Waals surface area contributed by atoms with Gasteiger partial charge in [-0.2, -0.15) is 0 Å². The average Bonchev–Trinajstić information content (AvgIpc) is 2.75. The first-order valence-corrected chi connectivity index (χ1v) is 9.66. The highest BCUT2D eigenvalue weighted by atomic mass is 15.2. The van der Waals surface area contributed by atoms with E-state index in [1.807, 2.05) is 12.3 Å². The summed E-state index contributed by atoms with van der Waals surface area (Å²) in [5.74, 6) is 0. The fraction of sp³-hybridized carbons (Fsp3) is 0.115. The van der Waals surface area contributed by atoms with Crippen LogP contribution in [0, 0.1) is 0 Å². The van der Waals surface area contributed by atoms with E-state index < -0.39 is 0 Å². The van der Waals surface area contributed by atoms with Gasteiger partial charge in [-0.1, -0.05) is 68.4 Å². The predicted molar refractivity (Wildman–Crippen MR) is 116 cm³/mol. The van der Waals surface area contributed by atoms with Gasteiger partial charge in [0.05, 0.1) is 11.4 Å². The largest absolute Gasteiger partial charge is 0.310 e. The van der Waals surface area contributed by atoms with E-state index in [1.54, 1.807) is 6.20 Å². The summed E-state index contributed by atoms with van der Waals surface area (Å²) in [6, 6.07) is 30.3. The molecule has 2 heterocycles. The summed E-state index contributed by atoms with van der Waals surface area (Å²) in [5, 5.41) is 0. The average molecular weight is 362 g/mol. The molecule has 0 atom stereocenters. The Kier molecular flexibility index (Phi) is 3.80. The quantitative estimate of drug-likeness (QED) is 0.387. The molecule has 4 aromatic rings. The van der Waals surface area contributed by atoms with Crippen LogP contribution in [0.5, 0.6) is 0 Å². The first kappa shape index (κ1) is 16.8. The Morgan fingerprint density at radius 2 is 1.25 bits per heavy atom. The third kappa shape index (κ3) is 2.53. The lowest BCUT2D eigenvalue weighted by Gasteiger charge is -2.42. The maximum absolute atomic E-state index is 4.24. The highest BCUT2D eigenvalue weighted by Gasteiger charge is 2.36. The number of anilines is 3. The predicted octanol–water partition coefficient (Wildman–Crippen LogP) is 6.86. The van der Waals surface area contributed by atoms with Crippen molar-refractivity contribution in [2.75, 3.05) is 4.90 Å². The van der Waals surface area contributed by atoms with E-state index in [1.165, 1.54) is 33.8 Å². The summed E-state index contributed by atoms with van der Waals surface area (Å²) < 4.78 is 0. The SMILES string of the molecule is CC1(C)c2ccccc2N(c2ccc(-c3cccnc3)cc2)c2ccccc21. The van der Waals surface area contributed by atoms with Crippen molar-refractivity contribution < 1.29 is 0 Å².